The highest BCUT2D eigenvalue weighted by molar-refractivity contribution is 7.80. The molecule has 1 atom stereocenters. The van der Waals surface area contributed by atoms with Gasteiger partial charge in [0.25, 0.3) is 0 Å². The minimum atomic E-state index is 0.100. The van der Waals surface area contributed by atoms with Crippen LogP contribution in [-0.2, 0) is 4.74 Å². The summed E-state index contributed by atoms with van der Waals surface area (Å²) in [5.41, 5.74) is 0.100. The van der Waals surface area contributed by atoms with Crippen LogP contribution in [0.3, 0.4) is 0 Å². The molecule has 0 aromatic heterocycles. The van der Waals surface area contributed by atoms with Gasteiger partial charge in [0.2, 0.25) is 0 Å². The van der Waals surface area contributed by atoms with Gasteiger partial charge in [0.05, 0.1) is 5.60 Å². The Balaban J connectivity index is 2.40. The molecule has 0 bridgehead atoms. The molecule has 0 aliphatic carbocycles. The molecule has 1 saturated heterocycles. The zero-order valence-corrected chi connectivity index (χ0v) is 6.08. The highest BCUT2D eigenvalue weighted by Crippen LogP contribution is 2.25. The van der Waals surface area contributed by atoms with Gasteiger partial charge in [0, 0.05) is 12.4 Å². The molecular formula is C6H12OS. The van der Waals surface area contributed by atoms with Crippen molar-refractivity contribution in [3.05, 3.63) is 0 Å². The zero-order chi connectivity index (χ0) is 6.04. The topological polar surface area (TPSA) is 9.23 Å². The molecule has 1 aliphatic heterocycles. The maximum Gasteiger partial charge on any atom is 0.0742 e. The third-order valence-electron chi connectivity index (χ3n) is 1.63. The van der Waals surface area contributed by atoms with Gasteiger partial charge >= 0.3 is 0 Å². The molecule has 1 fully saturated rings. The second kappa shape index (κ2) is 2.28. The Labute approximate surface area is 55.8 Å². The quantitative estimate of drug-likeness (QED) is 0.532. The largest absolute Gasteiger partial charge is 0.374 e. The van der Waals surface area contributed by atoms with Gasteiger partial charge in [-0.1, -0.05) is 0 Å². The lowest BCUT2D eigenvalue weighted by Gasteiger charge is -2.19. The Bertz CT molecular complexity index is 76.6. The summed E-state index contributed by atoms with van der Waals surface area (Å²) in [5, 5.41) is 0. The van der Waals surface area contributed by atoms with Crippen molar-refractivity contribution in [2.45, 2.75) is 25.4 Å². The van der Waals surface area contributed by atoms with E-state index in [4.69, 9.17) is 4.74 Å². The van der Waals surface area contributed by atoms with Crippen LogP contribution in [0.2, 0.25) is 0 Å². The van der Waals surface area contributed by atoms with Crippen molar-refractivity contribution in [1.82, 2.24) is 0 Å². The van der Waals surface area contributed by atoms with Crippen LogP contribution in [0.25, 0.3) is 0 Å². The molecule has 0 aromatic rings. The molecule has 0 spiro atoms. The third kappa shape index (κ3) is 1.17. The summed E-state index contributed by atoms with van der Waals surface area (Å²) < 4.78 is 5.41. The van der Waals surface area contributed by atoms with Crippen molar-refractivity contribution in [2.75, 3.05) is 12.4 Å². The normalized spacial score (nSPS) is 38.2. The first kappa shape index (κ1) is 6.43. The fourth-order valence-corrected chi connectivity index (χ4v) is 1.21. The second-order valence-electron chi connectivity index (χ2n) is 2.56. The van der Waals surface area contributed by atoms with Crippen LogP contribution >= 0.6 is 12.6 Å². The average molecular weight is 132 g/mol. The highest BCUT2D eigenvalue weighted by atomic mass is 32.1. The minimum Gasteiger partial charge on any atom is -0.374 e. The Morgan fingerprint density at radius 3 is 2.75 bits per heavy atom. The predicted molar refractivity (Wildman–Crippen MR) is 37.4 cm³/mol. The van der Waals surface area contributed by atoms with Crippen molar-refractivity contribution in [1.29, 1.82) is 0 Å². The molecular weight excluding hydrogens is 120 g/mol. The van der Waals surface area contributed by atoms with Crippen LogP contribution < -0.4 is 0 Å². The van der Waals surface area contributed by atoms with Gasteiger partial charge in [0.15, 0.2) is 0 Å². The van der Waals surface area contributed by atoms with Gasteiger partial charge in [0.1, 0.15) is 0 Å². The van der Waals surface area contributed by atoms with Crippen LogP contribution in [0.1, 0.15) is 19.8 Å². The summed E-state index contributed by atoms with van der Waals surface area (Å²) in [4.78, 5) is 0. The summed E-state index contributed by atoms with van der Waals surface area (Å²) in [6.45, 7) is 3.05. The average Bonchev–Trinajstić information content (AvgIpc) is 2.17. The number of ether oxygens (including phenoxy) is 1. The summed E-state index contributed by atoms with van der Waals surface area (Å²) in [5.74, 6) is 0.854. The van der Waals surface area contributed by atoms with Crippen LogP contribution in [-0.4, -0.2) is 18.0 Å². The molecule has 0 amide bonds. The van der Waals surface area contributed by atoms with E-state index in [0.717, 1.165) is 12.4 Å². The van der Waals surface area contributed by atoms with E-state index in [1.165, 1.54) is 12.8 Å². The van der Waals surface area contributed by atoms with E-state index >= 15 is 0 Å². The Morgan fingerprint density at radius 2 is 2.50 bits per heavy atom. The number of hydrogen-bond donors (Lipinski definition) is 1. The van der Waals surface area contributed by atoms with Crippen molar-refractivity contribution >= 4 is 12.6 Å². The zero-order valence-electron chi connectivity index (χ0n) is 5.18. The maximum atomic E-state index is 5.41. The summed E-state index contributed by atoms with van der Waals surface area (Å²) >= 11 is 4.18. The van der Waals surface area contributed by atoms with Gasteiger partial charge in [-0.3, -0.25) is 0 Å². The minimum absolute atomic E-state index is 0.100. The molecule has 1 unspecified atom stereocenters. The van der Waals surface area contributed by atoms with Gasteiger partial charge in [-0.2, -0.15) is 12.6 Å². The lowest BCUT2D eigenvalue weighted by Crippen LogP contribution is -2.24. The standard InChI is InChI=1S/C6H12OS/c1-6(5-8)3-2-4-7-6/h8H,2-5H2,1H3. The lowest BCUT2D eigenvalue weighted by molar-refractivity contribution is 0.0411. The third-order valence-corrected chi connectivity index (χ3v) is 2.30. The lowest BCUT2D eigenvalue weighted by atomic mass is 10.1. The smallest absolute Gasteiger partial charge is 0.0742 e. The number of hydrogen-bond acceptors (Lipinski definition) is 2. The van der Waals surface area contributed by atoms with E-state index in [1.807, 2.05) is 0 Å². The molecule has 0 N–H and O–H groups in total. The van der Waals surface area contributed by atoms with Crippen LogP contribution in [0, 0.1) is 0 Å². The molecule has 1 aliphatic rings. The molecule has 1 nitrogen and oxygen atoms in total. The highest BCUT2D eigenvalue weighted by Gasteiger charge is 2.27. The second-order valence-corrected chi connectivity index (χ2v) is 2.88. The Morgan fingerprint density at radius 1 is 1.75 bits per heavy atom. The molecule has 0 aromatic carbocycles. The van der Waals surface area contributed by atoms with Gasteiger partial charge in [-0.15, -0.1) is 0 Å². The van der Waals surface area contributed by atoms with Crippen LogP contribution in [0.5, 0.6) is 0 Å². The van der Waals surface area contributed by atoms with Crippen molar-refractivity contribution < 1.29 is 4.74 Å². The summed E-state index contributed by atoms with van der Waals surface area (Å²) in [6.07, 6.45) is 2.38. The molecule has 0 radical (unpaired) electrons. The number of rotatable bonds is 1. The van der Waals surface area contributed by atoms with E-state index in [1.54, 1.807) is 0 Å². The Hall–Kier alpha value is 0.310. The summed E-state index contributed by atoms with van der Waals surface area (Å²) in [6, 6.07) is 0. The number of thiol groups is 1. The van der Waals surface area contributed by atoms with Crippen molar-refractivity contribution in [3.63, 3.8) is 0 Å². The predicted octanol–water partition coefficient (Wildman–Crippen LogP) is 1.49. The molecule has 48 valence electrons. The molecule has 0 saturated carbocycles. The van der Waals surface area contributed by atoms with E-state index in [2.05, 4.69) is 19.6 Å². The van der Waals surface area contributed by atoms with Crippen LogP contribution in [0.4, 0.5) is 0 Å². The van der Waals surface area contributed by atoms with E-state index in [9.17, 15) is 0 Å². The van der Waals surface area contributed by atoms with Gasteiger partial charge in [-0.25, -0.2) is 0 Å². The maximum absolute atomic E-state index is 5.41. The molecule has 8 heavy (non-hydrogen) atoms. The van der Waals surface area contributed by atoms with E-state index < -0.39 is 0 Å². The van der Waals surface area contributed by atoms with E-state index in [-0.39, 0.29) is 5.60 Å². The van der Waals surface area contributed by atoms with Crippen molar-refractivity contribution in [2.24, 2.45) is 0 Å². The van der Waals surface area contributed by atoms with Gasteiger partial charge < -0.3 is 4.74 Å². The molecule has 2 heteroatoms. The summed E-state index contributed by atoms with van der Waals surface area (Å²) in [7, 11) is 0. The fourth-order valence-electron chi connectivity index (χ4n) is 0.962. The monoisotopic (exact) mass is 132 g/mol. The van der Waals surface area contributed by atoms with Gasteiger partial charge in [-0.05, 0) is 19.8 Å². The molecule has 1 rings (SSSR count). The fraction of sp³-hybridized carbons (Fsp3) is 1.00. The molecule has 1 heterocycles. The van der Waals surface area contributed by atoms with Crippen molar-refractivity contribution in [3.8, 4) is 0 Å². The Kier molecular flexibility index (Phi) is 1.83. The SMILES string of the molecule is CC1(CS)CCCO1. The first-order valence-corrected chi connectivity index (χ1v) is 3.65. The first-order valence-electron chi connectivity index (χ1n) is 3.02. The first-order chi connectivity index (χ1) is 3.77. The van der Waals surface area contributed by atoms with Crippen LogP contribution in [0.15, 0.2) is 0 Å². The van der Waals surface area contributed by atoms with E-state index in [0.29, 0.717) is 0 Å².